The fourth-order valence-electron chi connectivity index (χ4n) is 2.33. The smallest absolute Gasteiger partial charge is 0.122 e. The maximum atomic E-state index is 8.81. The van der Waals surface area contributed by atoms with Gasteiger partial charge in [0.25, 0.3) is 0 Å². The van der Waals surface area contributed by atoms with Crippen LogP contribution in [0.1, 0.15) is 118 Å². The second-order valence-corrected chi connectivity index (χ2v) is 6.99. The quantitative estimate of drug-likeness (QED) is 0.399. The van der Waals surface area contributed by atoms with Crippen molar-refractivity contribution in [3.63, 3.8) is 0 Å². The van der Waals surface area contributed by atoms with Crippen LogP contribution in [0.3, 0.4) is 0 Å². The van der Waals surface area contributed by atoms with Gasteiger partial charge in [-0.1, -0.05) is 112 Å². The highest BCUT2D eigenvalue weighted by Crippen LogP contribution is 2.18. The number of hydrogen-bond acceptors (Lipinski definition) is 2. The van der Waals surface area contributed by atoms with Crippen LogP contribution in [-0.4, -0.2) is 13.4 Å². The van der Waals surface area contributed by atoms with Gasteiger partial charge in [0.05, 0.1) is 7.11 Å². The Morgan fingerprint density at radius 2 is 1.38 bits per heavy atom. The molecule has 0 fully saturated rings. The lowest BCUT2D eigenvalue weighted by Gasteiger charge is -2.08. The third-order valence-corrected chi connectivity index (χ3v) is 3.98. The number of methoxy groups -OCH3 is 1. The van der Waals surface area contributed by atoms with E-state index in [4.69, 9.17) is 9.53 Å². The molecule has 174 valence electrons. The summed E-state index contributed by atoms with van der Waals surface area (Å²) in [6.07, 6.45) is 11.5. The van der Waals surface area contributed by atoms with Crippen LogP contribution >= 0.6 is 0 Å². The summed E-state index contributed by atoms with van der Waals surface area (Å²) >= 11 is 0. The Labute approximate surface area is 184 Å². The van der Waals surface area contributed by atoms with Gasteiger partial charge >= 0.3 is 0 Å². The van der Waals surface area contributed by atoms with Gasteiger partial charge in [0, 0.05) is 0 Å². The minimum atomic E-state index is 0.750. The maximum Gasteiger partial charge on any atom is 0.122 e. The number of benzene rings is 1. The molecule has 1 aromatic carbocycles. The standard InChI is InChI=1S/C10H14O.C10H22.C3H8.C2H4O.C2H6/c1-4-9-6-5-8(2)10(7-9)11-3;1-4-6-8-10(3)9-7-5-2;1-3-2;1-2-3;1-2/h5-7H,4H2,1-3H3;10H,4-9H2,1-3H3;3H2,1-2H3;2H,1H3;1-2H3. The average Bonchev–Trinajstić information content (AvgIpc) is 2.74. The summed E-state index contributed by atoms with van der Waals surface area (Å²) in [6, 6.07) is 6.32. The van der Waals surface area contributed by atoms with Crippen molar-refractivity contribution in [3.05, 3.63) is 29.3 Å². The molecule has 0 radical (unpaired) electrons. The molecule has 1 aromatic rings. The maximum absolute atomic E-state index is 8.81. The van der Waals surface area contributed by atoms with E-state index in [1.54, 1.807) is 7.11 Å². The van der Waals surface area contributed by atoms with Crippen LogP contribution in [0.2, 0.25) is 0 Å². The number of aryl methyl sites for hydroxylation is 2. The Kier molecular flexibility index (Phi) is 38.0. The highest BCUT2D eigenvalue weighted by atomic mass is 16.5. The van der Waals surface area contributed by atoms with Crippen molar-refractivity contribution >= 4 is 6.29 Å². The fourth-order valence-corrected chi connectivity index (χ4v) is 2.33. The number of rotatable bonds is 8. The van der Waals surface area contributed by atoms with Crippen molar-refractivity contribution < 1.29 is 9.53 Å². The molecule has 1 rings (SSSR count). The summed E-state index contributed by atoms with van der Waals surface area (Å²) in [5.41, 5.74) is 2.53. The van der Waals surface area contributed by atoms with E-state index in [-0.39, 0.29) is 0 Å². The van der Waals surface area contributed by atoms with Crippen LogP contribution < -0.4 is 4.74 Å². The van der Waals surface area contributed by atoms with Gasteiger partial charge in [0.2, 0.25) is 0 Å². The van der Waals surface area contributed by atoms with Crippen LogP contribution in [0.4, 0.5) is 0 Å². The summed E-state index contributed by atoms with van der Waals surface area (Å²) in [5, 5.41) is 0. The molecule has 0 saturated heterocycles. The third kappa shape index (κ3) is 29.0. The Hall–Kier alpha value is -1.31. The second-order valence-electron chi connectivity index (χ2n) is 6.99. The Morgan fingerprint density at radius 3 is 1.69 bits per heavy atom. The molecule has 0 unspecified atom stereocenters. The average molecular weight is 411 g/mol. The van der Waals surface area contributed by atoms with Crippen LogP contribution in [0, 0.1) is 12.8 Å². The van der Waals surface area contributed by atoms with Crippen LogP contribution in [0.15, 0.2) is 18.2 Å². The van der Waals surface area contributed by atoms with Gasteiger partial charge in [-0.05, 0) is 43.4 Å². The molecule has 0 aliphatic rings. The van der Waals surface area contributed by atoms with Crippen molar-refractivity contribution in [2.24, 2.45) is 5.92 Å². The van der Waals surface area contributed by atoms with Crippen LogP contribution in [0.25, 0.3) is 0 Å². The molecule has 0 aromatic heterocycles. The molecule has 0 aliphatic heterocycles. The zero-order valence-electron chi connectivity index (χ0n) is 21.9. The lowest BCUT2D eigenvalue weighted by molar-refractivity contribution is -0.106. The summed E-state index contributed by atoms with van der Waals surface area (Å²) < 4.78 is 5.19. The first kappa shape index (κ1) is 35.1. The molecule has 2 heteroatoms. The number of hydrogen-bond donors (Lipinski definition) is 0. The van der Waals surface area contributed by atoms with E-state index in [0.29, 0.717) is 0 Å². The minimum absolute atomic E-state index is 0.750. The molecule has 0 spiro atoms. The number of carbonyl (C=O) groups excluding carboxylic acids is 1. The van der Waals surface area contributed by atoms with E-state index >= 15 is 0 Å². The van der Waals surface area contributed by atoms with Gasteiger partial charge < -0.3 is 9.53 Å². The van der Waals surface area contributed by atoms with E-state index in [1.807, 2.05) is 13.8 Å². The van der Waals surface area contributed by atoms with Gasteiger partial charge in [-0.2, -0.15) is 0 Å². The topological polar surface area (TPSA) is 26.3 Å². The van der Waals surface area contributed by atoms with E-state index in [1.165, 1.54) is 63.0 Å². The van der Waals surface area contributed by atoms with Gasteiger partial charge in [-0.3, -0.25) is 0 Å². The first-order chi connectivity index (χ1) is 13.9. The number of aldehydes is 1. The van der Waals surface area contributed by atoms with Crippen molar-refractivity contribution in [1.29, 1.82) is 0 Å². The lowest BCUT2D eigenvalue weighted by atomic mass is 9.98. The van der Waals surface area contributed by atoms with Crippen molar-refractivity contribution in [1.82, 2.24) is 0 Å². The predicted octanol–water partition coefficient (Wildman–Crippen LogP) is 9.22. The van der Waals surface area contributed by atoms with E-state index < -0.39 is 0 Å². The summed E-state index contributed by atoms with van der Waals surface area (Å²) in [6.45, 7) is 20.8. The number of unbranched alkanes of at least 4 members (excludes halogenated alkanes) is 2. The number of carbonyl (C=O) groups is 1. The van der Waals surface area contributed by atoms with Crippen molar-refractivity contribution in [3.8, 4) is 5.75 Å². The summed E-state index contributed by atoms with van der Waals surface area (Å²) in [4.78, 5) is 8.81. The highest BCUT2D eigenvalue weighted by molar-refractivity contribution is 5.44. The highest BCUT2D eigenvalue weighted by Gasteiger charge is 1.99. The normalized spacial score (nSPS) is 8.69. The van der Waals surface area contributed by atoms with Gasteiger partial charge in [0.15, 0.2) is 0 Å². The first-order valence-corrected chi connectivity index (χ1v) is 11.9. The van der Waals surface area contributed by atoms with E-state index in [9.17, 15) is 0 Å². The van der Waals surface area contributed by atoms with Crippen LogP contribution in [0.5, 0.6) is 5.75 Å². The zero-order chi connectivity index (χ0) is 23.5. The Morgan fingerprint density at radius 1 is 0.966 bits per heavy atom. The molecule has 0 atom stereocenters. The minimum Gasteiger partial charge on any atom is -0.496 e. The lowest BCUT2D eigenvalue weighted by Crippen LogP contribution is -1.93. The molecule has 0 saturated carbocycles. The van der Waals surface area contributed by atoms with Crippen LogP contribution in [-0.2, 0) is 11.2 Å². The molecule has 0 amide bonds. The van der Waals surface area contributed by atoms with E-state index in [0.717, 1.165) is 24.4 Å². The largest absolute Gasteiger partial charge is 0.496 e. The van der Waals surface area contributed by atoms with Crippen molar-refractivity contribution in [2.45, 2.75) is 121 Å². The fraction of sp³-hybridized carbons (Fsp3) is 0.741. The number of ether oxygens (including phenoxy) is 1. The molecule has 0 bridgehead atoms. The molecular weight excluding hydrogens is 356 g/mol. The first-order valence-electron chi connectivity index (χ1n) is 11.9. The Bertz CT molecular complexity index is 405. The molecule has 0 heterocycles. The van der Waals surface area contributed by atoms with E-state index in [2.05, 4.69) is 66.7 Å². The molecule has 0 N–H and O–H groups in total. The monoisotopic (exact) mass is 410 g/mol. The van der Waals surface area contributed by atoms with Gasteiger partial charge in [0.1, 0.15) is 12.0 Å². The summed E-state index contributed by atoms with van der Waals surface area (Å²) in [7, 11) is 1.71. The SMILES string of the molecule is CC.CC=O.CCC.CCCCC(C)CCCC.CCc1ccc(C)c(OC)c1. The Balaban J connectivity index is -0.000000159. The molecule has 29 heavy (non-hydrogen) atoms. The third-order valence-electron chi connectivity index (χ3n) is 3.98. The predicted molar refractivity (Wildman–Crippen MR) is 134 cm³/mol. The van der Waals surface area contributed by atoms with Gasteiger partial charge in [-0.25, -0.2) is 0 Å². The zero-order valence-corrected chi connectivity index (χ0v) is 21.9. The molecule has 2 nitrogen and oxygen atoms in total. The van der Waals surface area contributed by atoms with Gasteiger partial charge in [-0.15, -0.1) is 0 Å². The van der Waals surface area contributed by atoms with Crippen molar-refractivity contribution in [2.75, 3.05) is 7.11 Å². The summed E-state index contributed by atoms with van der Waals surface area (Å²) in [5.74, 6) is 1.96. The molecular formula is C27H54O2. The molecule has 0 aliphatic carbocycles. The second kappa shape index (κ2) is 31.4.